The fourth-order valence-corrected chi connectivity index (χ4v) is 2.82. The molecule has 1 aromatic rings. The number of aromatic nitrogens is 1. The zero-order valence-electron chi connectivity index (χ0n) is 12.4. The first-order valence-electron chi connectivity index (χ1n) is 7.74. The molecular formula is C15H23N3O3. The average molecular weight is 293 g/mol. The van der Waals surface area contributed by atoms with E-state index in [0.29, 0.717) is 12.6 Å². The number of hydrogen-bond donors (Lipinski definition) is 2. The van der Waals surface area contributed by atoms with E-state index in [2.05, 4.69) is 15.2 Å². The third kappa shape index (κ3) is 3.83. The summed E-state index contributed by atoms with van der Waals surface area (Å²) in [5.41, 5.74) is 0. The van der Waals surface area contributed by atoms with E-state index in [-0.39, 0.29) is 11.8 Å². The number of oxazole rings is 1. The van der Waals surface area contributed by atoms with E-state index in [1.54, 1.807) is 6.20 Å². The Morgan fingerprint density at radius 2 is 2.19 bits per heavy atom. The summed E-state index contributed by atoms with van der Waals surface area (Å²) in [5.74, 6) is 1.43. The van der Waals surface area contributed by atoms with Crippen LogP contribution >= 0.6 is 0 Å². The van der Waals surface area contributed by atoms with Crippen molar-refractivity contribution in [2.45, 2.75) is 51.3 Å². The molecule has 0 spiro atoms. The molecule has 2 aliphatic rings. The van der Waals surface area contributed by atoms with Crippen LogP contribution in [0.25, 0.3) is 0 Å². The molecule has 6 heteroatoms. The zero-order valence-corrected chi connectivity index (χ0v) is 12.4. The van der Waals surface area contributed by atoms with E-state index in [9.17, 15) is 9.90 Å². The van der Waals surface area contributed by atoms with Crippen molar-refractivity contribution in [3.05, 3.63) is 17.8 Å². The summed E-state index contributed by atoms with van der Waals surface area (Å²) in [6, 6.07) is 0.306. The lowest BCUT2D eigenvalue weighted by Gasteiger charge is -2.33. The molecule has 0 aromatic carbocycles. The second-order valence-corrected chi connectivity index (χ2v) is 6.21. The number of aliphatic hydroxyl groups excluding tert-OH is 1. The Labute approximate surface area is 124 Å². The third-order valence-electron chi connectivity index (χ3n) is 4.30. The lowest BCUT2D eigenvalue weighted by molar-refractivity contribution is -0.133. The Bertz CT molecular complexity index is 490. The van der Waals surface area contributed by atoms with Gasteiger partial charge in [0.05, 0.1) is 12.7 Å². The summed E-state index contributed by atoms with van der Waals surface area (Å²) in [6.07, 6.45) is 4.63. The van der Waals surface area contributed by atoms with Crippen LogP contribution in [0.3, 0.4) is 0 Å². The summed E-state index contributed by atoms with van der Waals surface area (Å²) >= 11 is 0. The number of aryl methyl sites for hydroxylation is 1. The number of likely N-dealkylation sites (tertiary alicyclic amines) is 1. The minimum absolute atomic E-state index is 0.0614. The van der Waals surface area contributed by atoms with E-state index in [0.717, 1.165) is 50.4 Å². The van der Waals surface area contributed by atoms with Crippen LogP contribution in [0, 0.1) is 12.8 Å². The van der Waals surface area contributed by atoms with Crippen LogP contribution in [0.4, 0.5) is 0 Å². The topological polar surface area (TPSA) is 78.6 Å². The fourth-order valence-electron chi connectivity index (χ4n) is 2.82. The number of nitrogens with one attached hydrogen (secondary N) is 1. The summed E-state index contributed by atoms with van der Waals surface area (Å²) in [7, 11) is 0. The molecule has 1 aliphatic carbocycles. The molecule has 21 heavy (non-hydrogen) atoms. The van der Waals surface area contributed by atoms with Crippen LogP contribution in [0.5, 0.6) is 0 Å². The molecule has 2 fully saturated rings. The molecule has 1 aliphatic heterocycles. The predicted molar refractivity (Wildman–Crippen MR) is 76.4 cm³/mol. The van der Waals surface area contributed by atoms with Crippen molar-refractivity contribution < 1.29 is 14.3 Å². The summed E-state index contributed by atoms with van der Waals surface area (Å²) < 4.78 is 5.48. The van der Waals surface area contributed by atoms with E-state index in [4.69, 9.17) is 4.42 Å². The Balaban J connectivity index is 1.44. The molecule has 3 rings (SSSR count). The molecule has 0 bridgehead atoms. The number of piperidine rings is 1. The van der Waals surface area contributed by atoms with Gasteiger partial charge in [0.15, 0.2) is 0 Å². The number of hydrogen-bond acceptors (Lipinski definition) is 5. The van der Waals surface area contributed by atoms with Gasteiger partial charge in [-0.25, -0.2) is 4.98 Å². The van der Waals surface area contributed by atoms with Crippen LogP contribution < -0.4 is 5.32 Å². The highest BCUT2D eigenvalue weighted by Gasteiger charge is 2.33. The number of nitrogens with zero attached hydrogens (tertiary/aromatic N) is 2. The summed E-state index contributed by atoms with van der Waals surface area (Å²) in [6.45, 7) is 4.31. The maximum atomic E-state index is 11.9. The van der Waals surface area contributed by atoms with Gasteiger partial charge in [-0.2, -0.15) is 0 Å². The number of rotatable bonds is 5. The third-order valence-corrected chi connectivity index (χ3v) is 4.30. The molecule has 116 valence electrons. The Kier molecular flexibility index (Phi) is 4.26. The maximum Gasteiger partial charge on any atom is 0.249 e. The smallest absolute Gasteiger partial charge is 0.249 e. The summed E-state index contributed by atoms with van der Waals surface area (Å²) in [5, 5.41) is 13.0. The van der Waals surface area contributed by atoms with Gasteiger partial charge in [0, 0.05) is 6.04 Å². The van der Waals surface area contributed by atoms with Crippen molar-refractivity contribution >= 4 is 5.91 Å². The van der Waals surface area contributed by atoms with E-state index >= 15 is 0 Å². The first kappa shape index (κ1) is 14.5. The van der Waals surface area contributed by atoms with Crippen molar-refractivity contribution in [1.29, 1.82) is 0 Å². The molecule has 1 atom stereocenters. The van der Waals surface area contributed by atoms with Crippen LogP contribution in [0.2, 0.25) is 0 Å². The average Bonchev–Trinajstić information content (AvgIpc) is 3.20. The molecule has 2 heterocycles. The maximum absolute atomic E-state index is 11.9. The van der Waals surface area contributed by atoms with Crippen molar-refractivity contribution in [1.82, 2.24) is 15.2 Å². The molecule has 2 N–H and O–H groups in total. The molecular weight excluding hydrogens is 270 g/mol. The normalized spacial score (nSPS) is 22.2. The minimum atomic E-state index is -0.864. The molecule has 6 nitrogen and oxygen atoms in total. The Hall–Kier alpha value is -1.40. The van der Waals surface area contributed by atoms with E-state index in [1.165, 1.54) is 0 Å². The van der Waals surface area contributed by atoms with Gasteiger partial charge in [0.2, 0.25) is 11.8 Å². The monoisotopic (exact) mass is 293 g/mol. The molecule has 1 aromatic heterocycles. The van der Waals surface area contributed by atoms with Gasteiger partial charge in [-0.3, -0.25) is 9.69 Å². The van der Waals surface area contributed by atoms with Crippen LogP contribution in [0.1, 0.15) is 37.3 Å². The first-order valence-corrected chi connectivity index (χ1v) is 7.74. The number of amides is 1. The van der Waals surface area contributed by atoms with Crippen LogP contribution in [-0.2, 0) is 11.3 Å². The predicted octanol–water partition coefficient (Wildman–Crippen LogP) is 0.835. The molecule has 1 saturated heterocycles. The van der Waals surface area contributed by atoms with Gasteiger partial charge in [-0.15, -0.1) is 0 Å². The highest BCUT2D eigenvalue weighted by molar-refractivity contribution is 5.81. The SMILES string of the molecule is Cc1cnc(CN2CCC([C@@H](O)C(=O)NC3CC3)CC2)o1. The largest absolute Gasteiger partial charge is 0.445 e. The molecule has 1 saturated carbocycles. The summed E-state index contributed by atoms with van der Waals surface area (Å²) in [4.78, 5) is 18.3. The molecule has 1 amide bonds. The standard InChI is InChI=1S/C15H23N3O3/c1-10-8-16-13(21-10)9-18-6-4-11(5-7-18)14(19)15(20)17-12-2-3-12/h8,11-12,14,19H,2-7,9H2,1H3,(H,17,20)/t14-/m1/s1. The number of aliphatic hydroxyl groups is 1. The highest BCUT2D eigenvalue weighted by Crippen LogP contribution is 2.24. The first-order chi connectivity index (χ1) is 10.1. The second-order valence-electron chi connectivity index (χ2n) is 6.21. The quantitative estimate of drug-likeness (QED) is 0.841. The second kappa shape index (κ2) is 6.15. The van der Waals surface area contributed by atoms with Gasteiger partial charge >= 0.3 is 0 Å². The Morgan fingerprint density at radius 1 is 1.48 bits per heavy atom. The number of carbonyl (C=O) groups is 1. The van der Waals surface area contributed by atoms with Crippen LogP contribution in [0.15, 0.2) is 10.6 Å². The lowest BCUT2D eigenvalue weighted by Crippen LogP contribution is -2.44. The van der Waals surface area contributed by atoms with Crippen molar-refractivity contribution in [3.8, 4) is 0 Å². The zero-order chi connectivity index (χ0) is 14.8. The van der Waals surface area contributed by atoms with E-state index in [1.807, 2.05) is 6.92 Å². The van der Waals surface area contributed by atoms with Crippen molar-refractivity contribution in [3.63, 3.8) is 0 Å². The van der Waals surface area contributed by atoms with Gasteiger partial charge < -0.3 is 14.8 Å². The number of carbonyl (C=O) groups excluding carboxylic acids is 1. The highest BCUT2D eigenvalue weighted by atomic mass is 16.4. The van der Waals surface area contributed by atoms with Gasteiger partial charge in [-0.1, -0.05) is 0 Å². The van der Waals surface area contributed by atoms with Gasteiger partial charge in [-0.05, 0) is 51.6 Å². The molecule has 0 radical (unpaired) electrons. The van der Waals surface area contributed by atoms with Crippen LogP contribution in [-0.4, -0.2) is 46.1 Å². The van der Waals surface area contributed by atoms with Crippen molar-refractivity contribution in [2.24, 2.45) is 5.92 Å². The van der Waals surface area contributed by atoms with Crippen molar-refractivity contribution in [2.75, 3.05) is 13.1 Å². The Morgan fingerprint density at radius 3 is 2.76 bits per heavy atom. The fraction of sp³-hybridized carbons (Fsp3) is 0.733. The lowest BCUT2D eigenvalue weighted by atomic mass is 9.90. The minimum Gasteiger partial charge on any atom is -0.445 e. The van der Waals surface area contributed by atoms with Gasteiger partial charge in [0.25, 0.3) is 0 Å². The van der Waals surface area contributed by atoms with Gasteiger partial charge in [0.1, 0.15) is 11.9 Å². The van der Waals surface area contributed by atoms with E-state index < -0.39 is 6.10 Å². The molecule has 0 unspecified atom stereocenters.